The number of carbonyl (C=O) groups excluding carboxylic acids is 2. The fourth-order valence-electron chi connectivity index (χ4n) is 2.61. The van der Waals surface area contributed by atoms with Gasteiger partial charge >= 0.3 is 5.97 Å². The van der Waals surface area contributed by atoms with Crippen molar-refractivity contribution in [1.82, 2.24) is 10.2 Å². The maximum absolute atomic E-state index is 12.0. The molecule has 0 aliphatic heterocycles. The lowest BCUT2D eigenvalue weighted by molar-refractivity contribution is -0.138. The lowest BCUT2D eigenvalue weighted by Gasteiger charge is -2.21. The van der Waals surface area contributed by atoms with Gasteiger partial charge in [-0.3, -0.25) is 14.4 Å². The standard InChI is InChI=1S/C15H26N2O4/c1-11(16-15(21)12-6-3-4-7-12)10-13(18)17(2)9-5-8-14(19)20/h11-12H,3-10H2,1-2H3,(H,16,21)(H,19,20). The van der Waals surface area contributed by atoms with Gasteiger partial charge < -0.3 is 15.3 Å². The summed E-state index contributed by atoms with van der Waals surface area (Å²) in [7, 11) is 1.66. The van der Waals surface area contributed by atoms with Gasteiger partial charge in [-0.25, -0.2) is 0 Å². The summed E-state index contributed by atoms with van der Waals surface area (Å²) in [6, 6.07) is -0.187. The molecule has 0 heterocycles. The van der Waals surface area contributed by atoms with Gasteiger partial charge in [0.15, 0.2) is 0 Å². The monoisotopic (exact) mass is 298 g/mol. The van der Waals surface area contributed by atoms with Crippen LogP contribution in [0.3, 0.4) is 0 Å². The van der Waals surface area contributed by atoms with Gasteiger partial charge in [-0.05, 0) is 26.2 Å². The van der Waals surface area contributed by atoms with E-state index in [-0.39, 0.29) is 36.6 Å². The summed E-state index contributed by atoms with van der Waals surface area (Å²) in [5.41, 5.74) is 0. The van der Waals surface area contributed by atoms with E-state index >= 15 is 0 Å². The molecule has 2 amide bonds. The zero-order chi connectivity index (χ0) is 15.8. The molecular weight excluding hydrogens is 272 g/mol. The van der Waals surface area contributed by atoms with Crippen LogP contribution >= 0.6 is 0 Å². The van der Waals surface area contributed by atoms with Crippen LogP contribution in [-0.2, 0) is 14.4 Å². The second kappa shape index (κ2) is 8.64. The molecule has 6 nitrogen and oxygen atoms in total. The predicted molar refractivity (Wildman–Crippen MR) is 78.7 cm³/mol. The molecule has 1 aliphatic carbocycles. The van der Waals surface area contributed by atoms with Gasteiger partial charge in [0.05, 0.1) is 0 Å². The van der Waals surface area contributed by atoms with E-state index in [1.807, 2.05) is 6.92 Å². The number of rotatable bonds is 8. The molecule has 0 aromatic carbocycles. The highest BCUT2D eigenvalue weighted by atomic mass is 16.4. The maximum Gasteiger partial charge on any atom is 0.303 e. The van der Waals surface area contributed by atoms with Crippen LogP contribution < -0.4 is 5.32 Å². The fourth-order valence-corrected chi connectivity index (χ4v) is 2.61. The van der Waals surface area contributed by atoms with E-state index in [9.17, 15) is 14.4 Å². The fraction of sp³-hybridized carbons (Fsp3) is 0.800. The summed E-state index contributed by atoms with van der Waals surface area (Å²) < 4.78 is 0. The highest BCUT2D eigenvalue weighted by Crippen LogP contribution is 2.24. The molecule has 21 heavy (non-hydrogen) atoms. The average Bonchev–Trinajstić information content (AvgIpc) is 2.91. The van der Waals surface area contributed by atoms with Gasteiger partial charge in [0, 0.05) is 38.4 Å². The summed E-state index contributed by atoms with van der Waals surface area (Å²) in [5.74, 6) is -0.759. The van der Waals surface area contributed by atoms with E-state index in [4.69, 9.17) is 5.11 Å². The second-order valence-electron chi connectivity index (χ2n) is 5.91. The largest absolute Gasteiger partial charge is 0.481 e. The molecule has 0 saturated heterocycles. The number of nitrogens with one attached hydrogen (secondary N) is 1. The van der Waals surface area contributed by atoms with Crippen LogP contribution in [-0.4, -0.2) is 47.4 Å². The van der Waals surface area contributed by atoms with Crippen molar-refractivity contribution in [3.05, 3.63) is 0 Å². The summed E-state index contributed by atoms with van der Waals surface area (Å²) in [6.07, 6.45) is 4.87. The molecule has 120 valence electrons. The number of hydrogen-bond acceptors (Lipinski definition) is 3. The molecular formula is C15H26N2O4. The SMILES string of the molecule is CC(CC(=O)N(C)CCCC(=O)O)NC(=O)C1CCCC1. The zero-order valence-electron chi connectivity index (χ0n) is 12.9. The Bertz CT molecular complexity index is 378. The van der Waals surface area contributed by atoms with Gasteiger partial charge in [-0.2, -0.15) is 0 Å². The molecule has 2 N–H and O–H groups in total. The Balaban J connectivity index is 2.25. The van der Waals surface area contributed by atoms with Crippen molar-refractivity contribution in [2.75, 3.05) is 13.6 Å². The molecule has 6 heteroatoms. The minimum absolute atomic E-state index is 0.0568. The van der Waals surface area contributed by atoms with Crippen molar-refractivity contribution in [1.29, 1.82) is 0 Å². The molecule has 1 fully saturated rings. The third-order valence-electron chi connectivity index (χ3n) is 3.91. The highest BCUT2D eigenvalue weighted by Gasteiger charge is 2.24. The number of nitrogens with zero attached hydrogens (tertiary/aromatic N) is 1. The first-order valence-electron chi connectivity index (χ1n) is 7.66. The van der Waals surface area contributed by atoms with Crippen molar-refractivity contribution in [2.45, 2.75) is 57.9 Å². The Morgan fingerprint density at radius 2 is 1.90 bits per heavy atom. The van der Waals surface area contributed by atoms with Crippen LogP contribution in [0.4, 0.5) is 0 Å². The Morgan fingerprint density at radius 3 is 2.48 bits per heavy atom. The van der Waals surface area contributed by atoms with Crippen molar-refractivity contribution in [2.24, 2.45) is 5.92 Å². The zero-order valence-corrected chi connectivity index (χ0v) is 12.9. The number of amides is 2. The lowest BCUT2D eigenvalue weighted by atomic mass is 10.1. The van der Waals surface area contributed by atoms with Crippen molar-refractivity contribution < 1.29 is 19.5 Å². The molecule has 0 aromatic rings. The number of carboxylic acid groups (broad SMARTS) is 1. The number of carbonyl (C=O) groups is 3. The quantitative estimate of drug-likeness (QED) is 0.709. The van der Waals surface area contributed by atoms with E-state index in [0.717, 1.165) is 25.7 Å². The van der Waals surface area contributed by atoms with E-state index in [1.54, 1.807) is 7.05 Å². The first-order chi connectivity index (χ1) is 9.90. The Hall–Kier alpha value is -1.59. The molecule has 0 radical (unpaired) electrons. The van der Waals surface area contributed by atoms with E-state index in [2.05, 4.69) is 5.32 Å². The molecule has 0 bridgehead atoms. The van der Waals surface area contributed by atoms with E-state index in [1.165, 1.54) is 4.90 Å². The predicted octanol–water partition coefficient (Wildman–Crippen LogP) is 1.39. The molecule has 1 aliphatic rings. The van der Waals surface area contributed by atoms with Crippen LogP contribution in [0.5, 0.6) is 0 Å². The number of aliphatic carboxylic acids is 1. The van der Waals surface area contributed by atoms with Gasteiger partial charge in [-0.15, -0.1) is 0 Å². The number of carboxylic acids is 1. The van der Waals surface area contributed by atoms with Crippen LogP contribution in [0.2, 0.25) is 0 Å². The molecule has 1 unspecified atom stereocenters. The molecule has 1 rings (SSSR count). The van der Waals surface area contributed by atoms with Crippen molar-refractivity contribution in [3.63, 3.8) is 0 Å². The van der Waals surface area contributed by atoms with Gasteiger partial charge in [0.2, 0.25) is 11.8 Å². The molecule has 1 atom stereocenters. The van der Waals surface area contributed by atoms with Crippen LogP contribution in [0.1, 0.15) is 51.9 Å². The van der Waals surface area contributed by atoms with Crippen LogP contribution in [0.25, 0.3) is 0 Å². The molecule has 0 aromatic heterocycles. The van der Waals surface area contributed by atoms with Gasteiger partial charge in [-0.1, -0.05) is 12.8 Å². The van der Waals surface area contributed by atoms with Crippen LogP contribution in [0, 0.1) is 5.92 Å². The second-order valence-corrected chi connectivity index (χ2v) is 5.91. The minimum Gasteiger partial charge on any atom is -0.481 e. The smallest absolute Gasteiger partial charge is 0.303 e. The van der Waals surface area contributed by atoms with Gasteiger partial charge in [0.25, 0.3) is 0 Å². The van der Waals surface area contributed by atoms with E-state index < -0.39 is 5.97 Å². The molecule has 0 spiro atoms. The third kappa shape index (κ3) is 6.60. The van der Waals surface area contributed by atoms with Crippen molar-refractivity contribution >= 4 is 17.8 Å². The Kier molecular flexibility index (Phi) is 7.19. The summed E-state index contributed by atoms with van der Waals surface area (Å²) in [5, 5.41) is 11.5. The van der Waals surface area contributed by atoms with E-state index in [0.29, 0.717) is 13.0 Å². The highest BCUT2D eigenvalue weighted by molar-refractivity contribution is 5.81. The van der Waals surface area contributed by atoms with Crippen molar-refractivity contribution in [3.8, 4) is 0 Å². The topological polar surface area (TPSA) is 86.7 Å². The normalized spacial score (nSPS) is 16.5. The minimum atomic E-state index is -0.854. The number of hydrogen-bond donors (Lipinski definition) is 2. The Morgan fingerprint density at radius 1 is 1.29 bits per heavy atom. The third-order valence-corrected chi connectivity index (χ3v) is 3.91. The molecule has 1 saturated carbocycles. The van der Waals surface area contributed by atoms with Gasteiger partial charge in [0.1, 0.15) is 0 Å². The first-order valence-corrected chi connectivity index (χ1v) is 7.66. The first kappa shape index (κ1) is 17.5. The summed E-state index contributed by atoms with van der Waals surface area (Å²) in [6.45, 7) is 2.25. The lowest BCUT2D eigenvalue weighted by Crippen LogP contribution is -2.40. The Labute approximate surface area is 125 Å². The summed E-state index contributed by atoms with van der Waals surface area (Å²) in [4.78, 5) is 35.9. The maximum atomic E-state index is 12.0. The van der Waals surface area contributed by atoms with Crippen LogP contribution in [0.15, 0.2) is 0 Å². The average molecular weight is 298 g/mol. The summed E-state index contributed by atoms with van der Waals surface area (Å²) >= 11 is 0.